The Balaban J connectivity index is 1.33. The molecule has 2 aromatic carbocycles. The summed E-state index contributed by atoms with van der Waals surface area (Å²) < 4.78 is 4.79. The molecule has 0 atom stereocenters. The number of piperidine rings is 1. The van der Waals surface area contributed by atoms with Crippen LogP contribution < -0.4 is 10.2 Å². The lowest BCUT2D eigenvalue weighted by Gasteiger charge is -2.33. The number of nitrogens with zero attached hydrogens (tertiary/aromatic N) is 3. The minimum atomic E-state index is -0.344. The van der Waals surface area contributed by atoms with Crippen LogP contribution in [0.25, 0.3) is 10.9 Å². The number of rotatable bonds is 6. The summed E-state index contributed by atoms with van der Waals surface area (Å²) in [5, 5.41) is 5.00. The van der Waals surface area contributed by atoms with E-state index in [4.69, 9.17) is 26.3 Å². The Morgan fingerprint density at radius 3 is 2.65 bits per heavy atom. The molecule has 0 radical (unpaired) electrons. The molecule has 1 aliphatic heterocycles. The molecule has 1 aromatic heterocycles. The molecule has 1 fully saturated rings. The second kappa shape index (κ2) is 11.6. The number of esters is 1. The molecule has 5 rings (SSSR count). The highest BCUT2D eigenvalue weighted by atomic mass is 35.5. The number of methoxy groups -OCH3 is 1. The van der Waals surface area contributed by atoms with Crippen LogP contribution in [0, 0.1) is 5.92 Å². The molecule has 0 saturated carbocycles. The third kappa shape index (κ3) is 6.03. The van der Waals surface area contributed by atoms with Crippen LogP contribution in [0.15, 0.2) is 78.4 Å². The van der Waals surface area contributed by atoms with Crippen molar-refractivity contribution in [3.63, 3.8) is 0 Å². The molecule has 1 aliphatic carbocycles. The van der Waals surface area contributed by atoms with Crippen LogP contribution in [-0.4, -0.2) is 36.1 Å². The van der Waals surface area contributed by atoms with Gasteiger partial charge in [-0.1, -0.05) is 59.7 Å². The van der Waals surface area contributed by atoms with E-state index >= 15 is 0 Å². The van der Waals surface area contributed by atoms with Crippen molar-refractivity contribution < 1.29 is 9.53 Å². The minimum Gasteiger partial charge on any atom is -0.465 e. The highest BCUT2D eigenvalue weighted by molar-refractivity contribution is 6.31. The molecule has 0 unspecified atom stereocenters. The summed E-state index contributed by atoms with van der Waals surface area (Å²) in [6, 6.07) is 13.1. The summed E-state index contributed by atoms with van der Waals surface area (Å²) >= 11 is 6.32. The first kappa shape index (κ1) is 25.0. The van der Waals surface area contributed by atoms with Crippen LogP contribution in [-0.2, 0) is 11.3 Å². The fourth-order valence-electron chi connectivity index (χ4n) is 4.95. The summed E-state index contributed by atoms with van der Waals surface area (Å²) in [4.78, 5) is 23.9. The summed E-state index contributed by atoms with van der Waals surface area (Å²) in [7, 11) is 1.38. The number of nitrogens with one attached hydrogen (secondary N) is 1. The molecular formula is C30H31ClN4O2. The predicted molar refractivity (Wildman–Crippen MR) is 150 cm³/mol. The zero-order valence-electron chi connectivity index (χ0n) is 21.0. The van der Waals surface area contributed by atoms with Gasteiger partial charge in [0.05, 0.1) is 18.2 Å². The van der Waals surface area contributed by atoms with Crippen molar-refractivity contribution in [3.8, 4) is 0 Å². The van der Waals surface area contributed by atoms with Crippen molar-refractivity contribution in [1.29, 1.82) is 0 Å². The van der Waals surface area contributed by atoms with Gasteiger partial charge in [0.15, 0.2) is 0 Å². The first-order chi connectivity index (χ1) is 18.1. The lowest BCUT2D eigenvalue weighted by atomic mass is 9.86. The Morgan fingerprint density at radius 1 is 1.08 bits per heavy atom. The van der Waals surface area contributed by atoms with E-state index in [0.717, 1.165) is 67.0 Å². The molecule has 0 amide bonds. The van der Waals surface area contributed by atoms with Crippen LogP contribution in [0.3, 0.4) is 0 Å². The Morgan fingerprint density at radius 2 is 1.86 bits per heavy atom. The lowest BCUT2D eigenvalue weighted by Crippen LogP contribution is -2.35. The molecule has 2 aliphatic rings. The average Bonchev–Trinajstić information content (AvgIpc) is 2.91. The molecule has 37 heavy (non-hydrogen) atoms. The summed E-state index contributed by atoms with van der Waals surface area (Å²) in [5.74, 6) is 1.76. The number of hydrogen-bond donors (Lipinski definition) is 1. The summed E-state index contributed by atoms with van der Waals surface area (Å²) in [6.07, 6.45) is 15.4. The van der Waals surface area contributed by atoms with E-state index in [1.807, 2.05) is 30.3 Å². The highest BCUT2D eigenvalue weighted by Crippen LogP contribution is 2.32. The van der Waals surface area contributed by atoms with E-state index in [1.165, 1.54) is 7.11 Å². The van der Waals surface area contributed by atoms with Crippen LogP contribution >= 0.6 is 11.6 Å². The third-order valence-corrected chi connectivity index (χ3v) is 7.27. The van der Waals surface area contributed by atoms with E-state index in [1.54, 1.807) is 17.7 Å². The Kier molecular flexibility index (Phi) is 7.85. The zero-order valence-corrected chi connectivity index (χ0v) is 21.7. The fourth-order valence-corrected chi connectivity index (χ4v) is 5.13. The van der Waals surface area contributed by atoms with E-state index in [-0.39, 0.29) is 5.97 Å². The number of fused-ring (bicyclic) bond motifs is 1. The predicted octanol–water partition coefficient (Wildman–Crippen LogP) is 6.73. The number of anilines is 2. The average molecular weight is 515 g/mol. The lowest BCUT2D eigenvalue weighted by molar-refractivity contribution is 0.0600. The Hall–Kier alpha value is -3.64. The van der Waals surface area contributed by atoms with Gasteiger partial charge in [0.2, 0.25) is 5.95 Å². The van der Waals surface area contributed by atoms with Gasteiger partial charge in [-0.05, 0) is 67.5 Å². The standard InChI is InChI=1S/C30H31ClN4O2/c1-37-29(36)24-11-9-21(10-12-24)20-32-28-26-19-25(31)13-14-27(26)33-30(34-28)35-17-15-23(16-18-35)22-7-5-3-2-4-6-8-22/h2-5,8-14,19,23H,6-7,15-18,20H2,1H3,(H,32,33,34)/b4-2?,5-3-,22-8+. The van der Waals surface area contributed by atoms with Gasteiger partial charge >= 0.3 is 5.97 Å². The van der Waals surface area contributed by atoms with Gasteiger partial charge in [-0.25, -0.2) is 9.78 Å². The molecule has 1 saturated heterocycles. The summed E-state index contributed by atoms with van der Waals surface area (Å²) in [6.45, 7) is 2.40. The monoisotopic (exact) mass is 514 g/mol. The van der Waals surface area contributed by atoms with E-state index in [9.17, 15) is 4.79 Å². The van der Waals surface area contributed by atoms with Crippen LogP contribution in [0.2, 0.25) is 5.02 Å². The number of carbonyl (C=O) groups excluding carboxylic acids is 1. The van der Waals surface area contributed by atoms with Crippen molar-refractivity contribution in [1.82, 2.24) is 9.97 Å². The molecule has 3 aromatic rings. The molecule has 190 valence electrons. The van der Waals surface area contributed by atoms with Crippen molar-refractivity contribution in [3.05, 3.63) is 94.6 Å². The minimum absolute atomic E-state index is 0.344. The van der Waals surface area contributed by atoms with Crippen molar-refractivity contribution >= 4 is 40.2 Å². The van der Waals surface area contributed by atoms with Gasteiger partial charge in [-0.3, -0.25) is 0 Å². The summed E-state index contributed by atoms with van der Waals surface area (Å²) in [5.41, 5.74) is 3.97. The van der Waals surface area contributed by atoms with Crippen molar-refractivity contribution in [2.45, 2.75) is 32.2 Å². The second-order valence-corrected chi connectivity index (χ2v) is 9.85. The number of hydrogen-bond acceptors (Lipinski definition) is 6. The smallest absolute Gasteiger partial charge is 0.337 e. The second-order valence-electron chi connectivity index (χ2n) is 9.41. The van der Waals surface area contributed by atoms with Gasteiger partial charge < -0.3 is 15.0 Å². The number of carbonyl (C=O) groups is 1. The van der Waals surface area contributed by atoms with Gasteiger partial charge in [0, 0.05) is 30.0 Å². The van der Waals surface area contributed by atoms with Gasteiger partial charge in [0.25, 0.3) is 0 Å². The van der Waals surface area contributed by atoms with Crippen LogP contribution in [0.1, 0.15) is 41.6 Å². The first-order valence-electron chi connectivity index (χ1n) is 12.7. The topological polar surface area (TPSA) is 67.3 Å². The van der Waals surface area contributed by atoms with Gasteiger partial charge in [0.1, 0.15) is 5.82 Å². The molecule has 7 heteroatoms. The number of benzene rings is 2. The van der Waals surface area contributed by atoms with E-state index in [0.29, 0.717) is 23.0 Å². The first-order valence-corrected chi connectivity index (χ1v) is 13.1. The molecule has 1 N–H and O–H groups in total. The number of allylic oxidation sites excluding steroid dienone is 6. The molecule has 0 bridgehead atoms. The maximum Gasteiger partial charge on any atom is 0.337 e. The van der Waals surface area contributed by atoms with Crippen molar-refractivity contribution in [2.24, 2.45) is 5.92 Å². The SMILES string of the molecule is COC(=O)c1ccc(CNc2nc(N3CCC(/C4=C/CC=C/C=C\C4)CC3)nc3ccc(Cl)cc23)cc1. The molecule has 0 spiro atoms. The highest BCUT2D eigenvalue weighted by Gasteiger charge is 2.24. The molecule has 2 heterocycles. The molecule has 6 nitrogen and oxygen atoms in total. The quantitative estimate of drug-likeness (QED) is 0.290. The Bertz CT molecular complexity index is 1360. The van der Waals surface area contributed by atoms with Gasteiger partial charge in [-0.15, -0.1) is 0 Å². The van der Waals surface area contributed by atoms with Crippen LogP contribution in [0.5, 0.6) is 0 Å². The maximum atomic E-state index is 11.7. The normalized spacial score (nSPS) is 18.5. The van der Waals surface area contributed by atoms with Crippen LogP contribution in [0.4, 0.5) is 11.8 Å². The van der Waals surface area contributed by atoms with E-state index in [2.05, 4.69) is 40.6 Å². The third-order valence-electron chi connectivity index (χ3n) is 7.04. The Labute approximate surface area is 222 Å². The van der Waals surface area contributed by atoms with E-state index < -0.39 is 0 Å². The van der Waals surface area contributed by atoms with Crippen molar-refractivity contribution in [2.75, 3.05) is 30.4 Å². The largest absolute Gasteiger partial charge is 0.465 e. The maximum absolute atomic E-state index is 11.7. The number of halogens is 1. The number of aromatic nitrogens is 2. The molecular weight excluding hydrogens is 484 g/mol. The van der Waals surface area contributed by atoms with Gasteiger partial charge in [-0.2, -0.15) is 4.98 Å². The number of ether oxygens (including phenoxy) is 1. The zero-order chi connectivity index (χ0) is 25.6. The fraction of sp³-hybridized carbons (Fsp3) is 0.300.